The van der Waals surface area contributed by atoms with Crippen LogP contribution in [0.25, 0.3) is 6.08 Å². The first-order chi connectivity index (χ1) is 9.69. The predicted molar refractivity (Wildman–Crippen MR) is 83.4 cm³/mol. The molecule has 5 nitrogen and oxygen atoms in total. The van der Waals surface area contributed by atoms with Gasteiger partial charge in [-0.2, -0.15) is 0 Å². The molecule has 1 atom stereocenters. The van der Waals surface area contributed by atoms with Gasteiger partial charge in [-0.25, -0.2) is 13.1 Å². The monoisotopic (exact) mass is 331 g/mol. The SMILES string of the molecule is CC(C)C(CC(=O)O)NS(=O)(=O)/C=C/c1ccc(Cl)cc1. The summed E-state index contributed by atoms with van der Waals surface area (Å²) in [5.74, 6) is -1.17. The number of carboxylic acids is 1. The zero-order valence-electron chi connectivity index (χ0n) is 11.8. The number of carbonyl (C=O) groups is 1. The number of hydrogen-bond donors (Lipinski definition) is 2. The number of halogens is 1. The molecule has 0 bridgehead atoms. The Kier molecular flexibility index (Phi) is 6.39. The van der Waals surface area contributed by atoms with Crippen molar-refractivity contribution in [3.8, 4) is 0 Å². The molecule has 0 saturated heterocycles. The summed E-state index contributed by atoms with van der Waals surface area (Å²) in [6.07, 6.45) is 1.17. The standard InChI is InChI=1S/C14H18ClNO4S/c1-10(2)13(9-14(17)18)16-21(19,20)8-7-11-3-5-12(15)6-4-11/h3-8,10,13,16H,9H2,1-2H3,(H,17,18)/b8-7+. The van der Waals surface area contributed by atoms with E-state index in [1.54, 1.807) is 38.1 Å². The predicted octanol–water partition coefficient (Wildman–Crippen LogP) is 2.73. The summed E-state index contributed by atoms with van der Waals surface area (Å²) in [5.41, 5.74) is 0.684. The van der Waals surface area contributed by atoms with Crippen molar-refractivity contribution in [3.05, 3.63) is 40.3 Å². The molecule has 0 aromatic heterocycles. The van der Waals surface area contributed by atoms with Gasteiger partial charge in [0.1, 0.15) is 0 Å². The molecule has 0 heterocycles. The van der Waals surface area contributed by atoms with Gasteiger partial charge in [0, 0.05) is 16.5 Å². The molecule has 1 unspecified atom stereocenters. The highest BCUT2D eigenvalue weighted by atomic mass is 35.5. The summed E-state index contributed by atoms with van der Waals surface area (Å²) in [5, 5.41) is 10.4. The first kappa shape index (κ1) is 17.7. The Morgan fingerprint density at radius 1 is 1.33 bits per heavy atom. The van der Waals surface area contributed by atoms with Crippen LogP contribution >= 0.6 is 11.6 Å². The van der Waals surface area contributed by atoms with Crippen LogP contribution in [0.1, 0.15) is 25.8 Å². The fourth-order valence-electron chi connectivity index (χ4n) is 1.59. The average molecular weight is 332 g/mol. The second-order valence-electron chi connectivity index (χ2n) is 4.97. The Labute approximate surface area is 129 Å². The van der Waals surface area contributed by atoms with Gasteiger partial charge in [-0.05, 0) is 29.7 Å². The van der Waals surface area contributed by atoms with E-state index in [1.165, 1.54) is 6.08 Å². The maximum Gasteiger partial charge on any atom is 0.304 e. The number of rotatable bonds is 7. The van der Waals surface area contributed by atoms with E-state index in [4.69, 9.17) is 16.7 Å². The molecule has 0 spiro atoms. The Morgan fingerprint density at radius 3 is 2.38 bits per heavy atom. The van der Waals surface area contributed by atoms with Gasteiger partial charge < -0.3 is 5.11 Å². The van der Waals surface area contributed by atoms with Gasteiger partial charge in [0.25, 0.3) is 0 Å². The number of carboxylic acid groups (broad SMARTS) is 1. The molecular formula is C14H18ClNO4S. The van der Waals surface area contributed by atoms with E-state index in [1.807, 2.05) is 0 Å². The molecule has 1 aromatic carbocycles. The van der Waals surface area contributed by atoms with Crippen LogP contribution in [0.4, 0.5) is 0 Å². The van der Waals surface area contributed by atoms with Crippen LogP contribution < -0.4 is 4.72 Å². The second kappa shape index (κ2) is 7.59. The normalized spacial score (nSPS) is 13.7. The molecule has 21 heavy (non-hydrogen) atoms. The molecule has 1 aromatic rings. The number of nitrogens with one attached hydrogen (secondary N) is 1. The first-order valence-electron chi connectivity index (χ1n) is 6.37. The van der Waals surface area contributed by atoms with Gasteiger partial charge in [0.05, 0.1) is 6.42 Å². The molecular weight excluding hydrogens is 314 g/mol. The number of benzene rings is 1. The van der Waals surface area contributed by atoms with Gasteiger partial charge in [0.15, 0.2) is 0 Å². The molecule has 0 aliphatic heterocycles. The lowest BCUT2D eigenvalue weighted by Gasteiger charge is -2.19. The third-order valence-electron chi connectivity index (χ3n) is 2.82. The molecule has 0 aliphatic carbocycles. The van der Waals surface area contributed by atoms with Crippen LogP contribution in [-0.4, -0.2) is 25.5 Å². The zero-order valence-corrected chi connectivity index (χ0v) is 13.4. The van der Waals surface area contributed by atoms with Crippen molar-refractivity contribution in [1.82, 2.24) is 4.72 Å². The summed E-state index contributed by atoms with van der Waals surface area (Å²) in [6, 6.07) is 6.03. The Hall–Kier alpha value is -1.37. The van der Waals surface area contributed by atoms with Gasteiger partial charge >= 0.3 is 5.97 Å². The minimum Gasteiger partial charge on any atom is -0.481 e. The quantitative estimate of drug-likeness (QED) is 0.804. The summed E-state index contributed by atoms with van der Waals surface area (Å²) in [4.78, 5) is 10.7. The van der Waals surface area contributed by atoms with E-state index >= 15 is 0 Å². The second-order valence-corrected chi connectivity index (χ2v) is 7.00. The fraction of sp³-hybridized carbons (Fsp3) is 0.357. The molecule has 7 heteroatoms. The van der Waals surface area contributed by atoms with Crippen LogP contribution in [0.2, 0.25) is 5.02 Å². The van der Waals surface area contributed by atoms with Crippen LogP contribution in [0.3, 0.4) is 0 Å². The number of hydrogen-bond acceptors (Lipinski definition) is 3. The van der Waals surface area contributed by atoms with Crippen molar-refractivity contribution < 1.29 is 18.3 Å². The van der Waals surface area contributed by atoms with Gasteiger partial charge in [-0.1, -0.05) is 37.6 Å². The smallest absolute Gasteiger partial charge is 0.304 e. The third-order valence-corrected chi connectivity index (χ3v) is 4.20. The largest absolute Gasteiger partial charge is 0.481 e. The van der Waals surface area contributed by atoms with Crippen LogP contribution in [0.5, 0.6) is 0 Å². The molecule has 116 valence electrons. The van der Waals surface area contributed by atoms with Crippen LogP contribution in [0.15, 0.2) is 29.7 Å². The van der Waals surface area contributed by atoms with Crippen LogP contribution in [0, 0.1) is 5.92 Å². The molecule has 0 radical (unpaired) electrons. The summed E-state index contributed by atoms with van der Waals surface area (Å²) < 4.78 is 26.3. The van der Waals surface area contributed by atoms with Crippen molar-refractivity contribution in [1.29, 1.82) is 0 Å². The summed E-state index contributed by atoms with van der Waals surface area (Å²) >= 11 is 5.74. The van der Waals surface area contributed by atoms with Gasteiger partial charge in [-0.15, -0.1) is 0 Å². The molecule has 2 N–H and O–H groups in total. The highest BCUT2D eigenvalue weighted by molar-refractivity contribution is 7.92. The summed E-state index contributed by atoms with van der Waals surface area (Å²) in [6.45, 7) is 3.53. The number of aliphatic carboxylic acids is 1. The molecule has 0 fully saturated rings. The Morgan fingerprint density at radius 2 is 1.90 bits per heavy atom. The first-order valence-corrected chi connectivity index (χ1v) is 8.30. The lowest BCUT2D eigenvalue weighted by atomic mass is 10.0. The maximum atomic E-state index is 12.0. The highest BCUT2D eigenvalue weighted by Gasteiger charge is 2.21. The minimum absolute atomic E-state index is 0.125. The molecule has 0 aliphatic rings. The van der Waals surface area contributed by atoms with Gasteiger partial charge in [-0.3, -0.25) is 4.79 Å². The van der Waals surface area contributed by atoms with Crippen molar-refractivity contribution in [2.24, 2.45) is 5.92 Å². The minimum atomic E-state index is -3.71. The lowest BCUT2D eigenvalue weighted by Crippen LogP contribution is -2.39. The average Bonchev–Trinajstić information content (AvgIpc) is 2.36. The Bertz CT molecular complexity index is 608. The van der Waals surface area contributed by atoms with Crippen LogP contribution in [-0.2, 0) is 14.8 Å². The topological polar surface area (TPSA) is 83.5 Å². The van der Waals surface area contributed by atoms with E-state index in [2.05, 4.69) is 4.72 Å². The molecule has 1 rings (SSSR count). The van der Waals surface area contributed by atoms with E-state index < -0.39 is 22.0 Å². The fourth-order valence-corrected chi connectivity index (χ4v) is 2.91. The molecule has 0 saturated carbocycles. The molecule has 0 amide bonds. The third kappa shape index (κ3) is 6.75. The highest BCUT2D eigenvalue weighted by Crippen LogP contribution is 2.12. The van der Waals surface area contributed by atoms with E-state index in [0.717, 1.165) is 5.41 Å². The summed E-state index contributed by atoms with van der Waals surface area (Å²) in [7, 11) is -3.71. The number of sulfonamides is 1. The van der Waals surface area contributed by atoms with Crippen molar-refractivity contribution in [2.45, 2.75) is 26.3 Å². The van der Waals surface area contributed by atoms with E-state index in [9.17, 15) is 13.2 Å². The van der Waals surface area contributed by atoms with Crippen molar-refractivity contribution in [2.75, 3.05) is 0 Å². The van der Waals surface area contributed by atoms with Crippen molar-refractivity contribution in [3.63, 3.8) is 0 Å². The van der Waals surface area contributed by atoms with E-state index in [0.29, 0.717) is 10.6 Å². The Balaban J connectivity index is 2.80. The van der Waals surface area contributed by atoms with Crippen molar-refractivity contribution >= 4 is 33.7 Å². The van der Waals surface area contributed by atoms with E-state index in [-0.39, 0.29) is 12.3 Å². The maximum absolute atomic E-state index is 12.0. The lowest BCUT2D eigenvalue weighted by molar-refractivity contribution is -0.137. The van der Waals surface area contributed by atoms with Gasteiger partial charge in [0.2, 0.25) is 10.0 Å². The zero-order chi connectivity index (χ0) is 16.0.